The molecule has 2 rings (SSSR count). The maximum Gasteiger partial charge on any atom is 0.248 e. The number of carbonyl (C=O) groups is 1. The van der Waals surface area contributed by atoms with Gasteiger partial charge in [-0.15, -0.1) is 0 Å². The number of carbonyl (C=O) groups excluding carboxylic acids is 1. The van der Waals surface area contributed by atoms with E-state index < -0.39 is 5.91 Å². The van der Waals surface area contributed by atoms with Crippen molar-refractivity contribution >= 4 is 27.5 Å². The SMILES string of the molecule is COc1cc(C(N)=O)ccc1Oc1ccc(N)cc1Br. The highest BCUT2D eigenvalue weighted by atomic mass is 79.9. The van der Waals surface area contributed by atoms with Crippen LogP contribution in [0.2, 0.25) is 0 Å². The molecule has 0 saturated carbocycles. The Bertz CT molecular complexity index is 659. The Morgan fingerprint density at radius 3 is 2.40 bits per heavy atom. The van der Waals surface area contributed by atoms with Crippen molar-refractivity contribution in [2.75, 3.05) is 12.8 Å². The molecular formula is C14H13BrN2O3. The summed E-state index contributed by atoms with van der Waals surface area (Å²) in [4.78, 5) is 11.1. The summed E-state index contributed by atoms with van der Waals surface area (Å²) in [7, 11) is 1.49. The summed E-state index contributed by atoms with van der Waals surface area (Å²) in [6, 6.07) is 9.93. The molecule has 2 aromatic carbocycles. The molecule has 0 aliphatic carbocycles. The Labute approximate surface area is 124 Å². The summed E-state index contributed by atoms with van der Waals surface area (Å²) in [6.45, 7) is 0. The van der Waals surface area contributed by atoms with Crippen LogP contribution in [-0.4, -0.2) is 13.0 Å². The van der Waals surface area contributed by atoms with E-state index in [1.165, 1.54) is 13.2 Å². The topological polar surface area (TPSA) is 87.6 Å². The first-order valence-corrected chi connectivity index (χ1v) is 6.51. The highest BCUT2D eigenvalue weighted by Crippen LogP contribution is 2.36. The highest BCUT2D eigenvalue weighted by Gasteiger charge is 2.11. The molecule has 0 atom stereocenters. The Morgan fingerprint density at radius 1 is 1.10 bits per heavy atom. The van der Waals surface area contributed by atoms with Crippen molar-refractivity contribution in [3.8, 4) is 17.2 Å². The van der Waals surface area contributed by atoms with Crippen LogP contribution >= 0.6 is 15.9 Å². The van der Waals surface area contributed by atoms with Gasteiger partial charge in [0.05, 0.1) is 11.6 Å². The van der Waals surface area contributed by atoms with E-state index in [1.54, 1.807) is 30.3 Å². The number of methoxy groups -OCH3 is 1. The summed E-state index contributed by atoms with van der Waals surface area (Å²) < 4.78 is 11.7. The quantitative estimate of drug-likeness (QED) is 0.840. The summed E-state index contributed by atoms with van der Waals surface area (Å²) in [5.41, 5.74) is 11.9. The third-order valence-electron chi connectivity index (χ3n) is 2.62. The number of halogens is 1. The van der Waals surface area contributed by atoms with E-state index in [0.717, 1.165) is 4.47 Å². The van der Waals surface area contributed by atoms with E-state index in [2.05, 4.69) is 15.9 Å². The van der Waals surface area contributed by atoms with Gasteiger partial charge >= 0.3 is 0 Å². The lowest BCUT2D eigenvalue weighted by atomic mass is 10.2. The number of amides is 1. The summed E-state index contributed by atoms with van der Waals surface area (Å²) in [6.07, 6.45) is 0. The first-order valence-electron chi connectivity index (χ1n) is 5.72. The molecule has 0 radical (unpaired) electrons. The molecule has 20 heavy (non-hydrogen) atoms. The van der Waals surface area contributed by atoms with Crippen LogP contribution in [0.5, 0.6) is 17.2 Å². The lowest BCUT2D eigenvalue weighted by Gasteiger charge is -2.12. The number of nitrogens with two attached hydrogens (primary N) is 2. The second-order valence-corrected chi connectivity index (χ2v) is 4.88. The molecule has 0 aliphatic heterocycles. The van der Waals surface area contributed by atoms with Gasteiger partial charge in [-0.2, -0.15) is 0 Å². The van der Waals surface area contributed by atoms with Gasteiger partial charge < -0.3 is 20.9 Å². The van der Waals surface area contributed by atoms with Gasteiger partial charge in [0.25, 0.3) is 0 Å². The maximum atomic E-state index is 11.1. The molecule has 6 heteroatoms. The van der Waals surface area contributed by atoms with Crippen molar-refractivity contribution in [3.05, 3.63) is 46.4 Å². The molecule has 0 aliphatic rings. The van der Waals surface area contributed by atoms with Gasteiger partial charge in [0.1, 0.15) is 5.75 Å². The number of hydrogen-bond acceptors (Lipinski definition) is 4. The fraction of sp³-hybridized carbons (Fsp3) is 0.0714. The molecule has 1 amide bonds. The zero-order valence-electron chi connectivity index (χ0n) is 10.7. The van der Waals surface area contributed by atoms with Gasteiger partial charge in [-0.1, -0.05) is 0 Å². The Balaban J connectivity index is 2.35. The van der Waals surface area contributed by atoms with E-state index >= 15 is 0 Å². The zero-order valence-corrected chi connectivity index (χ0v) is 12.3. The minimum atomic E-state index is -0.525. The number of rotatable bonds is 4. The second kappa shape index (κ2) is 5.83. The Hall–Kier alpha value is -2.21. The van der Waals surface area contributed by atoms with Gasteiger partial charge in [-0.25, -0.2) is 0 Å². The predicted molar refractivity (Wildman–Crippen MR) is 80.1 cm³/mol. The monoisotopic (exact) mass is 336 g/mol. The average Bonchev–Trinajstić information content (AvgIpc) is 2.42. The number of benzene rings is 2. The maximum absolute atomic E-state index is 11.1. The normalized spacial score (nSPS) is 10.1. The molecule has 2 aromatic rings. The van der Waals surface area contributed by atoms with Crippen molar-refractivity contribution in [1.82, 2.24) is 0 Å². The number of hydrogen-bond donors (Lipinski definition) is 2. The number of anilines is 1. The largest absolute Gasteiger partial charge is 0.493 e. The van der Waals surface area contributed by atoms with Crippen LogP contribution in [0.4, 0.5) is 5.69 Å². The van der Waals surface area contributed by atoms with Gasteiger partial charge in [0.15, 0.2) is 11.5 Å². The predicted octanol–water partition coefficient (Wildman–Crippen LogP) is 2.93. The van der Waals surface area contributed by atoms with Crippen LogP contribution in [0.3, 0.4) is 0 Å². The van der Waals surface area contributed by atoms with Crippen molar-refractivity contribution < 1.29 is 14.3 Å². The third kappa shape index (κ3) is 3.03. The fourth-order valence-electron chi connectivity index (χ4n) is 1.62. The standard InChI is InChI=1S/C14H13BrN2O3/c1-19-13-6-8(14(17)18)2-4-12(13)20-11-5-3-9(16)7-10(11)15/h2-7H,16H2,1H3,(H2,17,18). The van der Waals surface area contributed by atoms with E-state index in [0.29, 0.717) is 28.5 Å². The smallest absolute Gasteiger partial charge is 0.248 e. The molecule has 0 fully saturated rings. The van der Waals surface area contributed by atoms with Crippen LogP contribution in [0.1, 0.15) is 10.4 Å². The second-order valence-electron chi connectivity index (χ2n) is 4.02. The summed E-state index contributed by atoms with van der Waals surface area (Å²) in [5, 5.41) is 0. The minimum Gasteiger partial charge on any atom is -0.493 e. The Kier molecular flexibility index (Phi) is 4.14. The minimum absolute atomic E-state index is 0.352. The van der Waals surface area contributed by atoms with Crippen molar-refractivity contribution in [1.29, 1.82) is 0 Å². The number of primary amides is 1. The molecule has 0 spiro atoms. The van der Waals surface area contributed by atoms with Gasteiger partial charge in [-0.3, -0.25) is 4.79 Å². The van der Waals surface area contributed by atoms with E-state index in [-0.39, 0.29) is 0 Å². The van der Waals surface area contributed by atoms with Crippen LogP contribution in [0.25, 0.3) is 0 Å². The summed E-state index contributed by atoms with van der Waals surface area (Å²) >= 11 is 3.37. The lowest BCUT2D eigenvalue weighted by Crippen LogP contribution is -2.10. The molecule has 5 nitrogen and oxygen atoms in total. The molecule has 0 heterocycles. The van der Waals surface area contributed by atoms with Crippen LogP contribution < -0.4 is 20.9 Å². The van der Waals surface area contributed by atoms with Crippen LogP contribution in [0, 0.1) is 0 Å². The van der Waals surface area contributed by atoms with E-state index in [9.17, 15) is 4.79 Å². The molecule has 0 bridgehead atoms. The molecular weight excluding hydrogens is 324 g/mol. The number of nitrogen functional groups attached to an aromatic ring is 1. The molecule has 0 aromatic heterocycles. The zero-order chi connectivity index (χ0) is 14.7. The highest BCUT2D eigenvalue weighted by molar-refractivity contribution is 9.10. The molecule has 0 saturated heterocycles. The van der Waals surface area contributed by atoms with E-state index in [4.69, 9.17) is 20.9 Å². The first kappa shape index (κ1) is 14.2. The third-order valence-corrected chi connectivity index (χ3v) is 3.24. The van der Waals surface area contributed by atoms with Crippen LogP contribution in [-0.2, 0) is 0 Å². The fourth-order valence-corrected chi connectivity index (χ4v) is 2.10. The van der Waals surface area contributed by atoms with Gasteiger partial charge in [0, 0.05) is 11.3 Å². The Morgan fingerprint density at radius 2 is 1.80 bits per heavy atom. The lowest BCUT2D eigenvalue weighted by molar-refractivity contribution is 0.1000. The number of ether oxygens (including phenoxy) is 2. The van der Waals surface area contributed by atoms with Crippen LogP contribution in [0.15, 0.2) is 40.9 Å². The van der Waals surface area contributed by atoms with Crippen molar-refractivity contribution in [2.45, 2.75) is 0 Å². The van der Waals surface area contributed by atoms with Crippen molar-refractivity contribution in [3.63, 3.8) is 0 Å². The molecule has 0 unspecified atom stereocenters. The average molecular weight is 337 g/mol. The summed E-state index contributed by atoms with van der Waals surface area (Å²) in [5.74, 6) is 0.959. The first-order chi connectivity index (χ1) is 9.51. The molecule has 4 N–H and O–H groups in total. The van der Waals surface area contributed by atoms with Gasteiger partial charge in [-0.05, 0) is 52.3 Å². The van der Waals surface area contributed by atoms with E-state index in [1.807, 2.05) is 0 Å². The molecule has 104 valence electrons. The van der Waals surface area contributed by atoms with Crippen molar-refractivity contribution in [2.24, 2.45) is 5.73 Å². The van der Waals surface area contributed by atoms with Gasteiger partial charge in [0.2, 0.25) is 5.91 Å².